The summed E-state index contributed by atoms with van der Waals surface area (Å²) in [5.41, 5.74) is 0.507. The number of nitrogens with zero attached hydrogens (tertiary/aromatic N) is 3. The summed E-state index contributed by atoms with van der Waals surface area (Å²) in [7, 11) is 0. The molecule has 1 N–H and O–H groups in total. The lowest BCUT2D eigenvalue weighted by Crippen LogP contribution is -2.30. The van der Waals surface area contributed by atoms with Crippen molar-refractivity contribution in [2.75, 3.05) is 13.2 Å². The number of ether oxygens (including phenoxy) is 1. The summed E-state index contributed by atoms with van der Waals surface area (Å²) in [5, 5.41) is 10.3. The van der Waals surface area contributed by atoms with Crippen molar-refractivity contribution in [3.8, 4) is 11.5 Å². The second-order valence-electron chi connectivity index (χ2n) is 4.61. The van der Waals surface area contributed by atoms with Crippen LogP contribution < -0.4 is 5.32 Å². The van der Waals surface area contributed by atoms with Crippen LogP contribution in [-0.4, -0.2) is 34.4 Å². The molecule has 0 aromatic carbocycles. The molecular formula is C12H14N4O4. The van der Waals surface area contributed by atoms with Crippen LogP contribution in [0.25, 0.3) is 11.5 Å². The molecule has 2 aromatic heterocycles. The molecule has 106 valence electrons. The van der Waals surface area contributed by atoms with E-state index in [9.17, 15) is 4.79 Å². The Morgan fingerprint density at radius 1 is 1.45 bits per heavy atom. The van der Waals surface area contributed by atoms with E-state index in [0.29, 0.717) is 36.4 Å². The van der Waals surface area contributed by atoms with Gasteiger partial charge in [0.25, 0.3) is 0 Å². The van der Waals surface area contributed by atoms with Crippen molar-refractivity contribution in [2.45, 2.75) is 19.9 Å². The Hall–Kier alpha value is -2.22. The van der Waals surface area contributed by atoms with Gasteiger partial charge in [-0.2, -0.15) is 4.98 Å². The molecule has 0 spiro atoms. The van der Waals surface area contributed by atoms with Gasteiger partial charge in [0.1, 0.15) is 5.76 Å². The Balaban J connectivity index is 1.58. The third-order valence-electron chi connectivity index (χ3n) is 3.04. The number of carbonyl (C=O) groups excluding carboxylic acids is 1. The maximum absolute atomic E-state index is 11.8. The topological polar surface area (TPSA) is 103 Å². The van der Waals surface area contributed by atoms with E-state index < -0.39 is 0 Å². The third kappa shape index (κ3) is 2.69. The van der Waals surface area contributed by atoms with Gasteiger partial charge in [-0.05, 0) is 13.3 Å². The largest absolute Gasteiger partial charge is 0.381 e. The summed E-state index contributed by atoms with van der Waals surface area (Å²) in [4.78, 5) is 15.9. The summed E-state index contributed by atoms with van der Waals surface area (Å²) in [6.07, 6.45) is 0.749. The average Bonchev–Trinajstić information content (AvgIpc) is 3.16. The highest BCUT2D eigenvalue weighted by Gasteiger charge is 2.23. The first-order chi connectivity index (χ1) is 9.72. The lowest BCUT2D eigenvalue weighted by Gasteiger charge is -2.06. The quantitative estimate of drug-likeness (QED) is 0.877. The van der Waals surface area contributed by atoms with E-state index >= 15 is 0 Å². The number of carbonyl (C=O) groups is 1. The molecule has 3 rings (SSSR count). The SMILES string of the molecule is Cc1cc(-c2noc(CNC(=O)[C@@H]3CCOC3)n2)no1. The van der Waals surface area contributed by atoms with Gasteiger partial charge in [-0.1, -0.05) is 10.3 Å². The van der Waals surface area contributed by atoms with Crippen molar-refractivity contribution in [1.29, 1.82) is 0 Å². The maximum Gasteiger partial charge on any atom is 0.246 e. The number of aromatic nitrogens is 3. The molecule has 20 heavy (non-hydrogen) atoms. The lowest BCUT2D eigenvalue weighted by atomic mass is 10.1. The second-order valence-corrected chi connectivity index (χ2v) is 4.61. The van der Waals surface area contributed by atoms with Gasteiger partial charge in [0, 0.05) is 12.7 Å². The molecule has 8 heteroatoms. The molecule has 2 aromatic rings. The van der Waals surface area contributed by atoms with Gasteiger partial charge < -0.3 is 19.1 Å². The number of hydrogen-bond donors (Lipinski definition) is 1. The molecule has 0 bridgehead atoms. The molecule has 1 aliphatic heterocycles. The molecule has 1 fully saturated rings. The Morgan fingerprint density at radius 2 is 2.35 bits per heavy atom. The minimum absolute atomic E-state index is 0.0560. The highest BCUT2D eigenvalue weighted by molar-refractivity contribution is 5.78. The predicted octanol–water partition coefficient (Wildman–Crippen LogP) is 0.686. The van der Waals surface area contributed by atoms with E-state index in [1.165, 1.54) is 0 Å². The summed E-state index contributed by atoms with van der Waals surface area (Å²) < 4.78 is 15.2. The predicted molar refractivity (Wildman–Crippen MR) is 65.3 cm³/mol. The lowest BCUT2D eigenvalue weighted by molar-refractivity contribution is -0.125. The Bertz CT molecular complexity index is 600. The van der Waals surface area contributed by atoms with Crippen LogP contribution in [-0.2, 0) is 16.1 Å². The zero-order valence-electron chi connectivity index (χ0n) is 11.0. The molecule has 0 aliphatic carbocycles. The van der Waals surface area contributed by atoms with E-state index in [1.54, 1.807) is 13.0 Å². The molecule has 1 atom stereocenters. The summed E-state index contributed by atoms with van der Waals surface area (Å²) in [6.45, 7) is 3.08. The normalized spacial score (nSPS) is 18.4. The second kappa shape index (κ2) is 5.41. The van der Waals surface area contributed by atoms with Crippen LogP contribution in [0.4, 0.5) is 0 Å². The van der Waals surface area contributed by atoms with Crippen LogP contribution in [0.5, 0.6) is 0 Å². The number of hydrogen-bond acceptors (Lipinski definition) is 7. The van der Waals surface area contributed by atoms with E-state index in [4.69, 9.17) is 13.8 Å². The van der Waals surface area contributed by atoms with Crippen molar-refractivity contribution in [1.82, 2.24) is 20.6 Å². The fraction of sp³-hybridized carbons (Fsp3) is 0.500. The smallest absolute Gasteiger partial charge is 0.246 e. The fourth-order valence-electron chi connectivity index (χ4n) is 1.95. The first-order valence-corrected chi connectivity index (χ1v) is 6.34. The van der Waals surface area contributed by atoms with Crippen molar-refractivity contribution >= 4 is 5.91 Å². The zero-order valence-corrected chi connectivity index (χ0v) is 11.0. The van der Waals surface area contributed by atoms with Crippen LogP contribution in [0.2, 0.25) is 0 Å². The number of aryl methyl sites for hydroxylation is 1. The monoisotopic (exact) mass is 278 g/mol. The van der Waals surface area contributed by atoms with E-state index in [1.807, 2.05) is 0 Å². The van der Waals surface area contributed by atoms with E-state index in [0.717, 1.165) is 6.42 Å². The standard InChI is InChI=1S/C12H14N4O4/c1-7-4-9(15-19-7)11-14-10(20-16-11)5-13-12(17)8-2-3-18-6-8/h4,8H,2-3,5-6H2,1H3,(H,13,17)/t8-/m1/s1. The number of rotatable bonds is 4. The minimum atomic E-state index is -0.0874. The van der Waals surface area contributed by atoms with Crippen molar-refractivity contribution in [3.63, 3.8) is 0 Å². The molecule has 1 saturated heterocycles. The van der Waals surface area contributed by atoms with Gasteiger partial charge in [-0.15, -0.1) is 0 Å². The van der Waals surface area contributed by atoms with Crippen molar-refractivity contribution < 1.29 is 18.6 Å². The molecule has 0 unspecified atom stereocenters. The van der Waals surface area contributed by atoms with Gasteiger partial charge in [-0.25, -0.2) is 0 Å². The van der Waals surface area contributed by atoms with Gasteiger partial charge in [-0.3, -0.25) is 4.79 Å². The van der Waals surface area contributed by atoms with Crippen molar-refractivity contribution in [3.05, 3.63) is 17.7 Å². The first kappa shape index (κ1) is 12.8. The van der Waals surface area contributed by atoms with Crippen LogP contribution in [0.3, 0.4) is 0 Å². The fourth-order valence-corrected chi connectivity index (χ4v) is 1.95. The van der Waals surface area contributed by atoms with Gasteiger partial charge in [0.15, 0.2) is 5.69 Å². The Labute approximate surface area is 114 Å². The highest BCUT2D eigenvalue weighted by Crippen LogP contribution is 2.15. The molecule has 1 amide bonds. The van der Waals surface area contributed by atoms with Crippen LogP contribution >= 0.6 is 0 Å². The highest BCUT2D eigenvalue weighted by atomic mass is 16.5. The van der Waals surface area contributed by atoms with Crippen molar-refractivity contribution in [2.24, 2.45) is 5.92 Å². The van der Waals surface area contributed by atoms with Crippen LogP contribution in [0.15, 0.2) is 15.1 Å². The Morgan fingerprint density at radius 3 is 3.05 bits per heavy atom. The van der Waals surface area contributed by atoms with Gasteiger partial charge >= 0.3 is 0 Å². The molecule has 3 heterocycles. The number of nitrogens with one attached hydrogen (secondary N) is 1. The first-order valence-electron chi connectivity index (χ1n) is 6.34. The number of amides is 1. The minimum Gasteiger partial charge on any atom is -0.381 e. The van der Waals surface area contributed by atoms with E-state index in [2.05, 4.69) is 20.6 Å². The zero-order chi connectivity index (χ0) is 13.9. The third-order valence-corrected chi connectivity index (χ3v) is 3.04. The van der Waals surface area contributed by atoms with Gasteiger partial charge in [0.05, 0.1) is 19.1 Å². The van der Waals surface area contributed by atoms with E-state index in [-0.39, 0.29) is 18.4 Å². The molecule has 1 aliphatic rings. The maximum atomic E-state index is 11.8. The summed E-state index contributed by atoms with van der Waals surface area (Å²) in [6, 6.07) is 1.71. The van der Waals surface area contributed by atoms with Crippen LogP contribution in [0.1, 0.15) is 18.1 Å². The molecule has 8 nitrogen and oxygen atoms in total. The van der Waals surface area contributed by atoms with Gasteiger partial charge in [0.2, 0.25) is 17.6 Å². The summed E-state index contributed by atoms with van der Waals surface area (Å²) in [5.74, 6) is 1.19. The molecule has 0 radical (unpaired) electrons. The summed E-state index contributed by atoms with van der Waals surface area (Å²) >= 11 is 0. The Kier molecular flexibility index (Phi) is 3.46. The van der Waals surface area contributed by atoms with Crippen LogP contribution in [0, 0.1) is 12.8 Å². The molecular weight excluding hydrogens is 264 g/mol. The molecule has 0 saturated carbocycles. The average molecular weight is 278 g/mol.